The molecule has 0 bridgehead atoms. The van der Waals surface area contributed by atoms with Gasteiger partial charge in [-0.1, -0.05) is 65.3 Å². The SMILES string of the molecule is CC(C)=CCC/C(C)=C/CC/C(C)=C/CSC[C@@H](C(=O)O)N(C)C(=O)c1ccccc1Oc1ccccc1. The Hall–Kier alpha value is -3.25. The van der Waals surface area contributed by atoms with Crippen molar-refractivity contribution in [2.75, 3.05) is 18.6 Å². The van der Waals surface area contributed by atoms with Gasteiger partial charge < -0.3 is 14.7 Å². The number of hydrogen-bond donors (Lipinski definition) is 1. The highest BCUT2D eigenvalue weighted by Crippen LogP contribution is 2.27. The number of nitrogens with zero attached hydrogens (tertiary/aromatic N) is 1. The number of likely N-dealkylation sites (N-methyl/N-ethyl adjacent to an activating group) is 1. The fraction of sp³-hybridized carbons (Fsp3) is 0.375. The lowest BCUT2D eigenvalue weighted by Gasteiger charge is -2.25. The molecule has 2 aromatic rings. The van der Waals surface area contributed by atoms with Crippen LogP contribution in [0.2, 0.25) is 0 Å². The number of carbonyl (C=O) groups excluding carboxylic acids is 1. The van der Waals surface area contributed by atoms with Crippen LogP contribution in [0.1, 0.15) is 63.7 Å². The van der Waals surface area contributed by atoms with E-state index in [1.165, 1.54) is 40.4 Å². The Morgan fingerprint density at radius 3 is 2.16 bits per heavy atom. The van der Waals surface area contributed by atoms with E-state index in [1.54, 1.807) is 36.4 Å². The zero-order chi connectivity index (χ0) is 27.9. The van der Waals surface area contributed by atoms with Gasteiger partial charge in [0.05, 0.1) is 5.56 Å². The van der Waals surface area contributed by atoms with E-state index >= 15 is 0 Å². The maximum absolute atomic E-state index is 13.3. The number of aliphatic carboxylic acids is 1. The summed E-state index contributed by atoms with van der Waals surface area (Å²) in [6.45, 7) is 8.55. The normalized spacial score (nSPS) is 12.6. The number of ether oxygens (including phenoxy) is 1. The summed E-state index contributed by atoms with van der Waals surface area (Å²) in [5.41, 5.74) is 4.39. The Morgan fingerprint density at radius 1 is 0.895 bits per heavy atom. The fourth-order valence-electron chi connectivity index (χ4n) is 3.75. The summed E-state index contributed by atoms with van der Waals surface area (Å²) in [4.78, 5) is 26.6. The minimum absolute atomic E-state index is 0.298. The van der Waals surface area contributed by atoms with E-state index in [0.29, 0.717) is 28.6 Å². The molecule has 2 aromatic carbocycles. The molecule has 0 saturated carbocycles. The van der Waals surface area contributed by atoms with E-state index in [4.69, 9.17) is 4.74 Å². The zero-order valence-electron chi connectivity index (χ0n) is 23.3. The molecule has 6 heteroatoms. The standard InChI is InChI=1S/C32H41NO4S/c1-24(2)13-11-14-25(3)15-12-16-26(4)21-22-38-23-29(32(35)36)33(5)31(34)28-19-9-10-20-30(28)37-27-17-7-6-8-18-27/h6-10,13,15,17-21,29H,11-12,14,16,22-23H2,1-5H3,(H,35,36)/b25-15+,26-21+/t29-/m0/s1. The van der Waals surface area contributed by atoms with Gasteiger partial charge in [0, 0.05) is 18.6 Å². The second-order valence-electron chi connectivity index (χ2n) is 9.68. The van der Waals surface area contributed by atoms with Gasteiger partial charge in [-0.05, 0) is 77.6 Å². The van der Waals surface area contributed by atoms with Crippen molar-refractivity contribution in [2.45, 2.75) is 59.4 Å². The summed E-state index contributed by atoms with van der Waals surface area (Å²) in [6.07, 6.45) is 10.9. The monoisotopic (exact) mass is 535 g/mol. The van der Waals surface area contributed by atoms with Gasteiger partial charge in [0.25, 0.3) is 5.91 Å². The van der Waals surface area contributed by atoms with Crippen LogP contribution in [0.5, 0.6) is 11.5 Å². The van der Waals surface area contributed by atoms with Crippen molar-refractivity contribution in [3.63, 3.8) is 0 Å². The van der Waals surface area contributed by atoms with E-state index in [-0.39, 0.29) is 5.91 Å². The van der Waals surface area contributed by atoms with Gasteiger partial charge >= 0.3 is 5.97 Å². The minimum Gasteiger partial charge on any atom is -0.480 e. The fourth-order valence-corrected chi connectivity index (χ4v) is 4.88. The van der Waals surface area contributed by atoms with Crippen LogP contribution < -0.4 is 4.74 Å². The van der Waals surface area contributed by atoms with Crippen LogP contribution in [-0.2, 0) is 4.79 Å². The summed E-state index contributed by atoms with van der Waals surface area (Å²) >= 11 is 1.52. The molecule has 0 heterocycles. The first-order chi connectivity index (χ1) is 18.2. The third-order valence-electron chi connectivity index (χ3n) is 6.11. The Bertz CT molecular complexity index is 1130. The number of carboxylic acid groups (broad SMARTS) is 1. The largest absolute Gasteiger partial charge is 0.480 e. The van der Waals surface area contributed by atoms with Gasteiger partial charge in [-0.15, -0.1) is 0 Å². The van der Waals surface area contributed by atoms with E-state index in [1.807, 2.05) is 18.2 Å². The lowest BCUT2D eigenvalue weighted by atomic mass is 10.1. The van der Waals surface area contributed by atoms with Gasteiger partial charge in [0.1, 0.15) is 17.5 Å². The maximum Gasteiger partial charge on any atom is 0.327 e. The number of rotatable bonds is 15. The van der Waals surface area contributed by atoms with Crippen molar-refractivity contribution in [1.29, 1.82) is 0 Å². The molecule has 0 aliphatic heterocycles. The zero-order valence-corrected chi connectivity index (χ0v) is 24.1. The van der Waals surface area contributed by atoms with Crippen molar-refractivity contribution in [1.82, 2.24) is 4.90 Å². The third kappa shape index (κ3) is 11.0. The van der Waals surface area contributed by atoms with E-state index in [2.05, 4.69) is 45.9 Å². The Labute approximate surface area is 232 Å². The molecule has 0 aliphatic carbocycles. The van der Waals surface area contributed by atoms with E-state index < -0.39 is 12.0 Å². The molecule has 0 unspecified atom stereocenters. The van der Waals surface area contributed by atoms with Crippen LogP contribution in [-0.4, -0.2) is 46.5 Å². The molecule has 0 spiro atoms. The van der Waals surface area contributed by atoms with E-state index in [9.17, 15) is 14.7 Å². The van der Waals surface area contributed by atoms with Crippen LogP contribution in [0, 0.1) is 0 Å². The Morgan fingerprint density at radius 2 is 1.50 bits per heavy atom. The highest BCUT2D eigenvalue weighted by Gasteiger charge is 2.28. The van der Waals surface area contributed by atoms with Gasteiger partial charge in [-0.25, -0.2) is 4.79 Å². The molecule has 38 heavy (non-hydrogen) atoms. The van der Waals surface area contributed by atoms with Gasteiger partial charge in [-0.3, -0.25) is 4.79 Å². The first-order valence-corrected chi connectivity index (χ1v) is 14.2. The molecule has 204 valence electrons. The first kappa shape index (κ1) is 31.0. The number of hydrogen-bond acceptors (Lipinski definition) is 4. The topological polar surface area (TPSA) is 66.8 Å². The molecule has 5 nitrogen and oxygen atoms in total. The first-order valence-electron chi connectivity index (χ1n) is 13.0. The molecular weight excluding hydrogens is 494 g/mol. The highest BCUT2D eigenvalue weighted by molar-refractivity contribution is 7.99. The summed E-state index contributed by atoms with van der Waals surface area (Å²) in [7, 11) is 1.54. The second-order valence-corrected chi connectivity index (χ2v) is 10.8. The number of carbonyl (C=O) groups is 2. The number of benzene rings is 2. The Kier molecular flexibility index (Phi) is 13.5. The maximum atomic E-state index is 13.3. The summed E-state index contributed by atoms with van der Waals surface area (Å²) in [6, 6.07) is 15.2. The lowest BCUT2D eigenvalue weighted by Crippen LogP contribution is -2.44. The van der Waals surface area contributed by atoms with Crippen molar-refractivity contribution < 1.29 is 19.4 Å². The average molecular weight is 536 g/mol. The molecule has 0 aliphatic rings. The number of carboxylic acids is 1. The summed E-state index contributed by atoms with van der Waals surface area (Å²) in [5, 5.41) is 9.85. The van der Waals surface area contributed by atoms with E-state index in [0.717, 1.165) is 25.7 Å². The van der Waals surface area contributed by atoms with Crippen LogP contribution in [0.25, 0.3) is 0 Å². The molecular formula is C32H41NO4S. The smallest absolute Gasteiger partial charge is 0.327 e. The number of thioether (sulfide) groups is 1. The predicted octanol–water partition coefficient (Wildman–Crippen LogP) is 8.16. The van der Waals surface area contributed by atoms with Crippen molar-refractivity contribution in [3.8, 4) is 11.5 Å². The van der Waals surface area contributed by atoms with Crippen LogP contribution in [0.15, 0.2) is 89.5 Å². The van der Waals surface area contributed by atoms with Crippen molar-refractivity contribution in [3.05, 3.63) is 95.1 Å². The van der Waals surface area contributed by atoms with Crippen LogP contribution >= 0.6 is 11.8 Å². The molecule has 0 aromatic heterocycles. The number of para-hydroxylation sites is 2. The molecule has 1 N–H and O–H groups in total. The highest BCUT2D eigenvalue weighted by atomic mass is 32.2. The van der Waals surface area contributed by atoms with Crippen molar-refractivity contribution >= 4 is 23.6 Å². The minimum atomic E-state index is -1.02. The molecule has 1 amide bonds. The summed E-state index contributed by atoms with van der Waals surface area (Å²) in [5.74, 6) is 0.595. The van der Waals surface area contributed by atoms with Gasteiger partial charge in [-0.2, -0.15) is 11.8 Å². The molecule has 2 rings (SSSR count). The van der Waals surface area contributed by atoms with Gasteiger partial charge in [0.2, 0.25) is 0 Å². The second kappa shape index (κ2) is 16.6. The van der Waals surface area contributed by atoms with Crippen molar-refractivity contribution in [2.24, 2.45) is 0 Å². The summed E-state index contributed by atoms with van der Waals surface area (Å²) < 4.78 is 5.91. The number of amides is 1. The molecule has 0 radical (unpaired) electrons. The molecule has 0 saturated heterocycles. The molecule has 1 atom stereocenters. The van der Waals surface area contributed by atoms with Crippen LogP contribution in [0.4, 0.5) is 0 Å². The molecule has 0 fully saturated rings. The number of allylic oxidation sites excluding steroid dienone is 5. The lowest BCUT2D eigenvalue weighted by molar-refractivity contribution is -0.141. The average Bonchev–Trinajstić information content (AvgIpc) is 2.88. The third-order valence-corrected chi connectivity index (χ3v) is 7.06. The Balaban J connectivity index is 1.90. The predicted molar refractivity (Wildman–Crippen MR) is 159 cm³/mol. The quantitative estimate of drug-likeness (QED) is 0.184. The van der Waals surface area contributed by atoms with Gasteiger partial charge in [0.15, 0.2) is 0 Å². The van der Waals surface area contributed by atoms with Crippen LogP contribution in [0.3, 0.4) is 0 Å².